The number of amides is 1. The number of hydrogen-bond acceptors (Lipinski definition) is 4. The van der Waals surface area contributed by atoms with Crippen LogP contribution in [-0.2, 0) is 16.0 Å². The van der Waals surface area contributed by atoms with Gasteiger partial charge in [-0.1, -0.05) is 29.8 Å². The fraction of sp³-hybridized carbons (Fsp3) is 0.120. The number of benzene rings is 2. The summed E-state index contributed by atoms with van der Waals surface area (Å²) in [6.45, 7) is 0.287. The zero-order chi connectivity index (χ0) is 22.2. The molecule has 2 aromatic carbocycles. The van der Waals surface area contributed by atoms with Crippen molar-refractivity contribution in [3.8, 4) is 0 Å². The molecule has 1 amide bonds. The lowest BCUT2D eigenvalue weighted by Crippen LogP contribution is -2.31. The van der Waals surface area contributed by atoms with Gasteiger partial charge in [-0.05, 0) is 54.4 Å². The Bertz CT molecular complexity index is 1340. The van der Waals surface area contributed by atoms with Gasteiger partial charge < -0.3 is 19.4 Å². The van der Waals surface area contributed by atoms with Crippen LogP contribution in [0.3, 0.4) is 0 Å². The van der Waals surface area contributed by atoms with Gasteiger partial charge in [0.1, 0.15) is 17.6 Å². The second-order valence-corrected chi connectivity index (χ2v) is 8.06. The van der Waals surface area contributed by atoms with E-state index in [1.165, 1.54) is 11.2 Å². The molecule has 0 radical (unpaired) electrons. The Balaban J connectivity index is 1.53. The van der Waals surface area contributed by atoms with Crippen LogP contribution in [0.5, 0.6) is 0 Å². The summed E-state index contributed by atoms with van der Waals surface area (Å²) in [6.07, 6.45) is 3.93. The maximum atomic E-state index is 13.0. The van der Waals surface area contributed by atoms with E-state index in [-0.39, 0.29) is 17.9 Å². The lowest BCUT2D eigenvalue weighted by Gasteiger charge is -2.23. The van der Waals surface area contributed by atoms with Crippen molar-refractivity contribution in [2.24, 2.45) is 0 Å². The number of carbonyl (C=O) groups excluding carboxylic acids is 2. The molecule has 3 heterocycles. The highest BCUT2D eigenvalue weighted by atomic mass is 35.5. The molecule has 160 valence electrons. The molecule has 1 atom stereocenters. The van der Waals surface area contributed by atoms with Gasteiger partial charge in [0.15, 0.2) is 0 Å². The molecular formula is C25H19ClN2O4. The Morgan fingerprint density at radius 1 is 1.06 bits per heavy atom. The number of aliphatic hydroxyl groups excluding tert-OH is 1. The van der Waals surface area contributed by atoms with Crippen molar-refractivity contribution in [2.75, 3.05) is 6.54 Å². The molecule has 0 spiro atoms. The summed E-state index contributed by atoms with van der Waals surface area (Å²) in [7, 11) is 0. The monoisotopic (exact) mass is 446 g/mol. The molecule has 1 saturated heterocycles. The third-order valence-corrected chi connectivity index (χ3v) is 6.02. The van der Waals surface area contributed by atoms with Crippen molar-refractivity contribution in [3.63, 3.8) is 0 Å². The van der Waals surface area contributed by atoms with E-state index in [1.807, 2.05) is 30.5 Å². The summed E-state index contributed by atoms with van der Waals surface area (Å²) in [4.78, 5) is 30.7. The van der Waals surface area contributed by atoms with Gasteiger partial charge in [0.05, 0.1) is 11.8 Å². The van der Waals surface area contributed by atoms with Crippen LogP contribution in [0.1, 0.15) is 22.9 Å². The minimum Gasteiger partial charge on any atom is -0.507 e. The molecule has 2 N–H and O–H groups in total. The standard InChI is InChI=1S/C25H19ClN2O4/c26-17-9-7-15(8-10-17)23(29)21-22(20-6-3-13-32-20)28(25(31)24(21)30)12-11-16-14-27-19-5-2-1-4-18(16)19/h1-10,13-14,22,27,29H,11-12H2/b23-21-. The summed E-state index contributed by atoms with van der Waals surface area (Å²) in [6, 6.07) is 16.9. The molecule has 2 aromatic heterocycles. The summed E-state index contributed by atoms with van der Waals surface area (Å²) < 4.78 is 5.57. The number of hydrogen-bond donors (Lipinski definition) is 2. The summed E-state index contributed by atoms with van der Waals surface area (Å²) in [5.74, 6) is -1.24. The largest absolute Gasteiger partial charge is 0.507 e. The fourth-order valence-corrected chi connectivity index (χ4v) is 4.32. The summed E-state index contributed by atoms with van der Waals surface area (Å²) >= 11 is 5.95. The van der Waals surface area contributed by atoms with Crippen LogP contribution in [0, 0.1) is 0 Å². The summed E-state index contributed by atoms with van der Waals surface area (Å²) in [5, 5.41) is 12.5. The van der Waals surface area contributed by atoms with Gasteiger partial charge in [0, 0.05) is 34.2 Å². The molecule has 1 aliphatic heterocycles. The van der Waals surface area contributed by atoms with Gasteiger partial charge >= 0.3 is 0 Å². The van der Waals surface area contributed by atoms with Gasteiger partial charge in [-0.25, -0.2) is 0 Å². The molecule has 0 bridgehead atoms. The van der Waals surface area contributed by atoms with Gasteiger partial charge in [-0.3, -0.25) is 9.59 Å². The number of aromatic nitrogens is 1. The number of H-pyrrole nitrogens is 1. The number of ketones is 1. The zero-order valence-electron chi connectivity index (χ0n) is 16.9. The number of aromatic amines is 1. The molecule has 1 aliphatic rings. The van der Waals surface area contributed by atoms with Crippen LogP contribution in [-0.4, -0.2) is 33.2 Å². The quantitative estimate of drug-likeness (QED) is 0.254. The van der Waals surface area contributed by atoms with E-state index in [9.17, 15) is 14.7 Å². The first-order valence-corrected chi connectivity index (χ1v) is 10.5. The highest BCUT2D eigenvalue weighted by Gasteiger charge is 2.47. The van der Waals surface area contributed by atoms with E-state index in [4.69, 9.17) is 16.0 Å². The number of likely N-dealkylation sites (tertiary alicyclic amines) is 1. The van der Waals surface area contributed by atoms with E-state index in [0.717, 1.165) is 16.5 Å². The molecule has 7 heteroatoms. The molecule has 0 saturated carbocycles. The zero-order valence-corrected chi connectivity index (χ0v) is 17.7. The van der Waals surface area contributed by atoms with Crippen molar-refractivity contribution in [1.82, 2.24) is 9.88 Å². The Labute approximate surface area is 188 Å². The van der Waals surface area contributed by atoms with E-state index in [1.54, 1.807) is 36.4 Å². The average molecular weight is 447 g/mol. The van der Waals surface area contributed by atoms with Gasteiger partial charge in [-0.15, -0.1) is 0 Å². The van der Waals surface area contributed by atoms with Crippen LogP contribution in [0.2, 0.25) is 5.02 Å². The number of furan rings is 1. The number of Topliss-reactive ketones (excluding diaryl/α,β-unsaturated/α-hetero) is 1. The SMILES string of the molecule is O=C1C(=O)N(CCc2c[nH]c3ccccc23)C(c2ccco2)/C1=C(/O)c1ccc(Cl)cc1. The van der Waals surface area contributed by atoms with Crippen molar-refractivity contribution in [2.45, 2.75) is 12.5 Å². The predicted octanol–water partition coefficient (Wildman–Crippen LogP) is 5.08. The highest BCUT2D eigenvalue weighted by molar-refractivity contribution is 6.46. The topological polar surface area (TPSA) is 86.5 Å². The van der Waals surface area contributed by atoms with Crippen molar-refractivity contribution in [3.05, 3.63) is 101 Å². The van der Waals surface area contributed by atoms with E-state index < -0.39 is 17.7 Å². The fourth-order valence-electron chi connectivity index (χ4n) is 4.20. The molecule has 4 aromatic rings. The Kier molecular flexibility index (Phi) is 5.07. The molecule has 1 unspecified atom stereocenters. The number of aliphatic hydroxyl groups is 1. The van der Waals surface area contributed by atoms with E-state index in [0.29, 0.717) is 22.8 Å². The molecular weight excluding hydrogens is 428 g/mol. The second kappa shape index (κ2) is 8.05. The van der Waals surface area contributed by atoms with Gasteiger partial charge in [0.25, 0.3) is 11.7 Å². The maximum absolute atomic E-state index is 13.0. The van der Waals surface area contributed by atoms with Crippen LogP contribution >= 0.6 is 11.6 Å². The smallest absolute Gasteiger partial charge is 0.295 e. The van der Waals surface area contributed by atoms with Crippen LogP contribution in [0.25, 0.3) is 16.7 Å². The maximum Gasteiger partial charge on any atom is 0.295 e. The van der Waals surface area contributed by atoms with Crippen molar-refractivity contribution < 1.29 is 19.1 Å². The van der Waals surface area contributed by atoms with Crippen LogP contribution in [0.4, 0.5) is 0 Å². The summed E-state index contributed by atoms with van der Waals surface area (Å²) in [5.41, 5.74) is 2.46. The highest BCUT2D eigenvalue weighted by Crippen LogP contribution is 2.39. The number of rotatable bonds is 5. The van der Waals surface area contributed by atoms with Gasteiger partial charge in [-0.2, -0.15) is 0 Å². The first-order chi connectivity index (χ1) is 15.5. The average Bonchev–Trinajstić information content (AvgIpc) is 3.52. The molecule has 32 heavy (non-hydrogen) atoms. The predicted molar refractivity (Wildman–Crippen MR) is 121 cm³/mol. The number of halogens is 1. The lowest BCUT2D eigenvalue weighted by atomic mass is 9.99. The minimum absolute atomic E-state index is 0.00574. The van der Waals surface area contributed by atoms with Crippen molar-refractivity contribution in [1.29, 1.82) is 0 Å². The van der Waals surface area contributed by atoms with E-state index in [2.05, 4.69) is 4.98 Å². The minimum atomic E-state index is -0.814. The number of carbonyl (C=O) groups is 2. The third-order valence-electron chi connectivity index (χ3n) is 5.77. The number of para-hydroxylation sites is 1. The Hall–Kier alpha value is -3.77. The van der Waals surface area contributed by atoms with Crippen molar-refractivity contribution >= 4 is 40.0 Å². The number of nitrogens with zero attached hydrogens (tertiary/aromatic N) is 1. The number of nitrogens with one attached hydrogen (secondary N) is 1. The molecule has 1 fully saturated rings. The molecule has 5 rings (SSSR count). The lowest BCUT2D eigenvalue weighted by molar-refractivity contribution is -0.140. The molecule has 6 nitrogen and oxygen atoms in total. The molecule has 0 aliphatic carbocycles. The first-order valence-electron chi connectivity index (χ1n) is 10.2. The third kappa shape index (κ3) is 3.39. The first kappa shape index (κ1) is 20.2. The Morgan fingerprint density at radius 3 is 2.59 bits per heavy atom. The Morgan fingerprint density at radius 2 is 1.84 bits per heavy atom. The second-order valence-electron chi connectivity index (χ2n) is 7.62. The normalized spacial score (nSPS) is 18.0. The van der Waals surface area contributed by atoms with Gasteiger partial charge in [0.2, 0.25) is 0 Å². The van der Waals surface area contributed by atoms with Crippen LogP contribution < -0.4 is 0 Å². The van der Waals surface area contributed by atoms with Crippen LogP contribution in [0.15, 0.2) is 83.1 Å². The number of fused-ring (bicyclic) bond motifs is 1. The van der Waals surface area contributed by atoms with E-state index >= 15 is 0 Å².